The molecule has 2 N–H and O–H groups in total. The van der Waals surface area contributed by atoms with Crippen LogP contribution in [0.4, 0.5) is 16.4 Å². The van der Waals surface area contributed by atoms with E-state index in [0.29, 0.717) is 23.1 Å². The zero-order valence-electron chi connectivity index (χ0n) is 17.8. The number of carbonyl (C=O) groups excluding carboxylic acids is 2. The Morgan fingerprint density at radius 1 is 1.09 bits per heavy atom. The van der Waals surface area contributed by atoms with E-state index in [1.807, 2.05) is 24.4 Å². The van der Waals surface area contributed by atoms with E-state index in [4.69, 9.17) is 0 Å². The molecule has 0 spiro atoms. The Labute approximate surface area is 195 Å². The molecule has 2 aromatic heterocycles. The van der Waals surface area contributed by atoms with Crippen molar-refractivity contribution in [3.8, 4) is 0 Å². The number of amides is 2. The Morgan fingerprint density at radius 3 is 2.85 bits per heavy atom. The Balaban J connectivity index is 1.28. The quantitative estimate of drug-likeness (QED) is 0.542. The van der Waals surface area contributed by atoms with Gasteiger partial charge in [-0.2, -0.15) is 0 Å². The third-order valence-corrected chi connectivity index (χ3v) is 6.37. The maximum atomic E-state index is 11.8. The first kappa shape index (κ1) is 21.1. The van der Waals surface area contributed by atoms with Gasteiger partial charge in [-0.05, 0) is 59.7 Å². The number of nitrogens with zero attached hydrogens (tertiary/aromatic N) is 4. The van der Waals surface area contributed by atoms with Gasteiger partial charge in [-0.15, -0.1) is 0 Å². The normalized spacial score (nSPS) is 16.6. The number of thioether (sulfide) groups is 1. The van der Waals surface area contributed by atoms with Crippen LogP contribution < -0.4 is 15.5 Å². The van der Waals surface area contributed by atoms with E-state index in [-0.39, 0.29) is 11.1 Å². The smallest absolute Gasteiger partial charge is 0.290 e. The first-order valence-corrected chi connectivity index (χ1v) is 11.5. The van der Waals surface area contributed by atoms with Crippen molar-refractivity contribution in [3.05, 3.63) is 82.3 Å². The highest BCUT2D eigenvalue weighted by molar-refractivity contribution is 8.18. The molecule has 5 rings (SSSR count). The van der Waals surface area contributed by atoms with E-state index >= 15 is 0 Å². The highest BCUT2D eigenvalue weighted by Crippen LogP contribution is 2.29. The molecule has 2 amide bonds. The maximum Gasteiger partial charge on any atom is 0.290 e. The van der Waals surface area contributed by atoms with Gasteiger partial charge in [0.1, 0.15) is 0 Å². The minimum atomic E-state index is -0.389. The Hall–Kier alpha value is -3.72. The average molecular weight is 459 g/mol. The number of benzene rings is 1. The molecule has 166 valence electrons. The number of hydrogen-bond donors (Lipinski definition) is 2. The van der Waals surface area contributed by atoms with Gasteiger partial charge in [0.05, 0.1) is 10.6 Å². The summed E-state index contributed by atoms with van der Waals surface area (Å²) in [6.07, 6.45) is 6.87. The summed E-state index contributed by atoms with van der Waals surface area (Å²) in [6, 6.07) is 14.0. The van der Waals surface area contributed by atoms with Crippen molar-refractivity contribution in [1.82, 2.24) is 20.3 Å². The van der Waals surface area contributed by atoms with Crippen LogP contribution >= 0.6 is 11.8 Å². The topological polar surface area (TPSA) is 100 Å². The first-order valence-electron chi connectivity index (χ1n) is 10.7. The number of nitrogens with one attached hydrogen (secondary N) is 2. The highest BCUT2D eigenvalue weighted by Gasteiger charge is 2.25. The molecule has 1 saturated heterocycles. The van der Waals surface area contributed by atoms with Crippen LogP contribution in [0.3, 0.4) is 0 Å². The Kier molecular flexibility index (Phi) is 6.03. The van der Waals surface area contributed by atoms with Crippen molar-refractivity contribution in [1.29, 1.82) is 0 Å². The van der Waals surface area contributed by atoms with Crippen LogP contribution in [0.15, 0.2) is 59.8 Å². The molecule has 1 aromatic carbocycles. The number of hydrogen-bond acceptors (Lipinski definition) is 8. The minimum absolute atomic E-state index is 0.343. The number of imide groups is 1. The summed E-state index contributed by atoms with van der Waals surface area (Å²) in [7, 11) is 0. The molecule has 0 atom stereocenters. The number of carbonyl (C=O) groups is 2. The molecule has 4 heterocycles. The van der Waals surface area contributed by atoms with Crippen molar-refractivity contribution in [2.75, 3.05) is 23.3 Å². The predicted molar refractivity (Wildman–Crippen MR) is 129 cm³/mol. The lowest BCUT2D eigenvalue weighted by Crippen LogP contribution is -2.32. The van der Waals surface area contributed by atoms with Gasteiger partial charge in [0.25, 0.3) is 11.1 Å². The van der Waals surface area contributed by atoms with Crippen molar-refractivity contribution < 1.29 is 9.59 Å². The molecule has 0 radical (unpaired) electrons. The molecule has 1 fully saturated rings. The van der Waals surface area contributed by atoms with Gasteiger partial charge in [-0.3, -0.25) is 19.9 Å². The zero-order chi connectivity index (χ0) is 22.6. The fraction of sp³-hybridized carbons (Fsp3) is 0.208. The molecule has 8 nitrogen and oxygen atoms in total. The second-order valence-electron chi connectivity index (χ2n) is 7.75. The van der Waals surface area contributed by atoms with Gasteiger partial charge in [0, 0.05) is 49.8 Å². The monoisotopic (exact) mass is 458 g/mol. The van der Waals surface area contributed by atoms with Crippen molar-refractivity contribution in [2.45, 2.75) is 19.4 Å². The van der Waals surface area contributed by atoms with Gasteiger partial charge in [-0.25, -0.2) is 9.97 Å². The van der Waals surface area contributed by atoms with Crippen LogP contribution in [0.1, 0.15) is 22.5 Å². The van der Waals surface area contributed by atoms with Crippen molar-refractivity contribution in [2.24, 2.45) is 0 Å². The molecular weight excluding hydrogens is 436 g/mol. The Bertz CT molecular complexity index is 1230. The molecule has 0 bridgehead atoms. The van der Waals surface area contributed by atoms with E-state index < -0.39 is 0 Å². The predicted octanol–water partition coefficient (Wildman–Crippen LogP) is 3.41. The molecule has 0 aliphatic carbocycles. The van der Waals surface area contributed by atoms with E-state index in [2.05, 4.69) is 48.7 Å². The third-order valence-electron chi connectivity index (χ3n) is 5.56. The fourth-order valence-corrected chi connectivity index (χ4v) is 4.63. The van der Waals surface area contributed by atoms with Crippen molar-refractivity contribution >= 4 is 40.6 Å². The summed E-state index contributed by atoms with van der Waals surface area (Å²) in [5, 5.41) is 5.46. The Morgan fingerprint density at radius 2 is 2.03 bits per heavy atom. The van der Waals surface area contributed by atoms with E-state index in [1.165, 1.54) is 11.1 Å². The molecule has 3 aromatic rings. The second-order valence-corrected chi connectivity index (χ2v) is 8.76. The zero-order valence-corrected chi connectivity index (χ0v) is 18.6. The van der Waals surface area contributed by atoms with Crippen LogP contribution in [0.5, 0.6) is 0 Å². The van der Waals surface area contributed by atoms with Crippen LogP contribution in [-0.2, 0) is 24.2 Å². The summed E-state index contributed by atoms with van der Waals surface area (Å²) in [5.41, 5.74) is 5.41. The SMILES string of the molecule is O=C1NC(=O)C(=Cc2ccnc(N3CCc4c(cccc4NCCc4ccccn4)C3)n2)S1. The van der Waals surface area contributed by atoms with Gasteiger partial charge in [-0.1, -0.05) is 18.2 Å². The lowest BCUT2D eigenvalue weighted by atomic mass is 9.98. The summed E-state index contributed by atoms with van der Waals surface area (Å²) in [6.45, 7) is 2.32. The third kappa shape index (κ3) is 4.88. The lowest BCUT2D eigenvalue weighted by molar-refractivity contribution is -0.115. The molecule has 9 heteroatoms. The molecular formula is C24H22N6O2S. The lowest BCUT2D eigenvalue weighted by Gasteiger charge is -2.30. The number of anilines is 2. The minimum Gasteiger partial charge on any atom is -0.384 e. The number of rotatable bonds is 6. The number of fused-ring (bicyclic) bond motifs is 1. The first-order chi connectivity index (χ1) is 16.2. The van der Waals surface area contributed by atoms with E-state index in [1.54, 1.807) is 18.3 Å². The standard InChI is InChI=1S/C24H22N6O2S/c31-22-21(33-24(32)29-22)14-18-8-12-27-23(28-18)30-13-9-19-16(15-30)4-3-6-20(19)26-11-7-17-5-1-2-10-25-17/h1-6,8,10,12,14,26H,7,9,11,13,15H2,(H,29,31,32). The second kappa shape index (κ2) is 9.41. The highest BCUT2D eigenvalue weighted by atomic mass is 32.2. The van der Waals surface area contributed by atoms with E-state index in [9.17, 15) is 9.59 Å². The van der Waals surface area contributed by atoms with Crippen LogP contribution in [0.25, 0.3) is 6.08 Å². The summed E-state index contributed by atoms with van der Waals surface area (Å²) >= 11 is 0.884. The summed E-state index contributed by atoms with van der Waals surface area (Å²) < 4.78 is 0. The largest absolute Gasteiger partial charge is 0.384 e. The van der Waals surface area contributed by atoms with Gasteiger partial charge < -0.3 is 10.2 Å². The van der Waals surface area contributed by atoms with Crippen LogP contribution in [0, 0.1) is 0 Å². The van der Waals surface area contributed by atoms with Crippen molar-refractivity contribution in [3.63, 3.8) is 0 Å². The molecule has 0 saturated carbocycles. The summed E-state index contributed by atoms with van der Waals surface area (Å²) in [4.78, 5) is 39.1. The molecule has 33 heavy (non-hydrogen) atoms. The number of pyridine rings is 1. The summed E-state index contributed by atoms with van der Waals surface area (Å²) in [5.74, 6) is 0.221. The average Bonchev–Trinajstić information content (AvgIpc) is 3.16. The van der Waals surface area contributed by atoms with Crippen LogP contribution in [0.2, 0.25) is 0 Å². The fourth-order valence-electron chi connectivity index (χ4n) is 3.97. The van der Waals surface area contributed by atoms with Gasteiger partial charge >= 0.3 is 0 Å². The molecule has 0 unspecified atom stereocenters. The van der Waals surface area contributed by atoms with E-state index in [0.717, 1.165) is 49.1 Å². The maximum absolute atomic E-state index is 11.8. The van der Waals surface area contributed by atoms with Gasteiger partial charge in [0.15, 0.2) is 0 Å². The molecule has 2 aliphatic rings. The van der Waals surface area contributed by atoms with Crippen LogP contribution in [-0.4, -0.2) is 39.2 Å². The van der Waals surface area contributed by atoms with Gasteiger partial charge in [0.2, 0.25) is 5.95 Å². The molecule has 2 aliphatic heterocycles. The number of aromatic nitrogens is 3.